The zero-order valence-electron chi connectivity index (χ0n) is 34.8. The Balaban J connectivity index is 1.44. The topological polar surface area (TPSA) is 189 Å². The number of esters is 1. The second-order valence-corrected chi connectivity index (χ2v) is 16.0. The number of Topliss-reactive ketones (excluding diaryl/α,β-unsaturated/α-hetero) is 1. The first-order valence-electron chi connectivity index (χ1n) is 20.5. The van der Waals surface area contributed by atoms with Crippen LogP contribution >= 0.6 is 0 Å². The van der Waals surface area contributed by atoms with Crippen molar-refractivity contribution in [3.63, 3.8) is 0 Å². The van der Waals surface area contributed by atoms with E-state index in [0.29, 0.717) is 18.4 Å². The molecule has 7 atom stereocenters. The monoisotopic (exact) mass is 825 g/mol. The van der Waals surface area contributed by atoms with Crippen LogP contribution in [0.25, 0.3) is 0 Å². The van der Waals surface area contributed by atoms with E-state index in [4.69, 9.17) is 4.74 Å². The van der Waals surface area contributed by atoms with Crippen LogP contribution in [0.4, 0.5) is 5.69 Å². The lowest BCUT2D eigenvalue weighted by molar-refractivity contribution is -0.158. The van der Waals surface area contributed by atoms with Gasteiger partial charge in [0.05, 0.1) is 0 Å². The average Bonchev–Trinajstić information content (AvgIpc) is 3.73. The van der Waals surface area contributed by atoms with Crippen LogP contribution in [-0.4, -0.2) is 143 Å². The second kappa shape index (κ2) is 18.8. The van der Waals surface area contributed by atoms with Crippen LogP contribution in [-0.2, 0) is 44.7 Å². The molecule has 16 nitrogen and oxygen atoms in total. The minimum Gasteiger partial charge on any atom is -0.506 e. The molecule has 4 aliphatic rings. The lowest BCUT2D eigenvalue weighted by Crippen LogP contribution is -2.61. The van der Waals surface area contributed by atoms with Crippen molar-refractivity contribution in [2.75, 3.05) is 45.7 Å². The summed E-state index contributed by atoms with van der Waals surface area (Å²) in [6.07, 6.45) is 3.95. The van der Waals surface area contributed by atoms with Crippen LogP contribution in [0.5, 0.6) is 0 Å². The van der Waals surface area contributed by atoms with Gasteiger partial charge in [0.15, 0.2) is 6.04 Å². The SMILES string of the molecule is CCC1NC(=O)C(N2C=C(O)C=CC2)C(C)OC(=O)C(c2ccccc2)NC(=O)C2CC(=O)CCN2C(=O)C(Cc2ccc(N(C)C)cc2)N(C)C(=O)C2CCCN2C1=O. The quantitative estimate of drug-likeness (QED) is 0.362. The van der Waals surface area contributed by atoms with Gasteiger partial charge in [-0.1, -0.05) is 55.5 Å². The van der Waals surface area contributed by atoms with Gasteiger partial charge >= 0.3 is 5.97 Å². The van der Waals surface area contributed by atoms with E-state index >= 15 is 0 Å². The number of fused-ring (bicyclic) bond motifs is 2. The number of nitrogens with one attached hydrogen (secondary N) is 2. The van der Waals surface area contributed by atoms with Gasteiger partial charge in [-0.2, -0.15) is 0 Å². The van der Waals surface area contributed by atoms with Crippen molar-refractivity contribution in [3.05, 3.63) is 89.8 Å². The van der Waals surface area contributed by atoms with Crippen LogP contribution in [0.3, 0.4) is 0 Å². The Morgan fingerprint density at radius 1 is 0.850 bits per heavy atom. The third-order valence-electron chi connectivity index (χ3n) is 11.8. The number of likely N-dealkylation sites (N-methyl/N-ethyl adjacent to an activating group) is 1. The highest BCUT2D eigenvalue weighted by Crippen LogP contribution is 2.27. The molecule has 16 heteroatoms. The Kier molecular flexibility index (Phi) is 13.6. The third kappa shape index (κ3) is 9.48. The molecule has 7 unspecified atom stereocenters. The standard InChI is InChI=1S/C44H55N7O9/c1-6-33-41(56)50-22-11-15-34(50)42(57)48(5)36(24-28-16-18-30(19-17-28)47(3)4)43(58)51-23-20-31(52)25-35(51)39(54)46-37(29-12-8-7-9-13-29)44(59)60-27(2)38(40(55)45-33)49-21-10-14-32(53)26-49/h7-10,12-14,16-19,26-27,33-38,53H,6,11,15,20-25H2,1-5H3,(H,45,55)(H,46,54). The summed E-state index contributed by atoms with van der Waals surface area (Å²) in [7, 11) is 5.32. The van der Waals surface area contributed by atoms with E-state index < -0.39 is 77.9 Å². The number of benzene rings is 2. The number of carbonyl (C=O) groups is 7. The summed E-state index contributed by atoms with van der Waals surface area (Å²) in [6, 6.07) is 8.64. The van der Waals surface area contributed by atoms with Crippen molar-refractivity contribution >= 4 is 47.0 Å². The zero-order chi connectivity index (χ0) is 43.2. The first-order chi connectivity index (χ1) is 28.7. The maximum atomic E-state index is 14.9. The van der Waals surface area contributed by atoms with Gasteiger partial charge in [-0.05, 0) is 55.5 Å². The molecule has 5 amide bonds. The normalized spacial score (nSPS) is 27.5. The molecule has 3 fully saturated rings. The summed E-state index contributed by atoms with van der Waals surface area (Å²) >= 11 is 0. The highest BCUT2D eigenvalue weighted by molar-refractivity contribution is 5.99. The summed E-state index contributed by atoms with van der Waals surface area (Å²) in [5.41, 5.74) is 2.01. The van der Waals surface area contributed by atoms with Crippen molar-refractivity contribution < 1.29 is 43.4 Å². The van der Waals surface area contributed by atoms with Crippen LogP contribution in [0.1, 0.15) is 63.1 Å². The fraction of sp³-hybridized carbons (Fsp3) is 0.477. The molecular weight excluding hydrogens is 771 g/mol. The molecule has 0 saturated carbocycles. The van der Waals surface area contributed by atoms with Gasteiger partial charge in [0.2, 0.25) is 29.5 Å². The smallest absolute Gasteiger partial charge is 0.333 e. The summed E-state index contributed by atoms with van der Waals surface area (Å²) in [6.45, 7) is 3.53. The summed E-state index contributed by atoms with van der Waals surface area (Å²) in [4.78, 5) is 108. The number of hydrogen-bond acceptors (Lipinski definition) is 11. The van der Waals surface area contributed by atoms with E-state index in [1.165, 1.54) is 45.8 Å². The molecule has 2 aromatic carbocycles. The largest absolute Gasteiger partial charge is 0.506 e. The van der Waals surface area contributed by atoms with Crippen molar-refractivity contribution in [2.45, 2.75) is 94.7 Å². The molecule has 6 rings (SSSR count). The molecular formula is C44H55N7O9. The first kappa shape index (κ1) is 43.4. The van der Waals surface area contributed by atoms with Gasteiger partial charge in [-0.25, -0.2) is 4.79 Å². The minimum absolute atomic E-state index is 0.0134. The van der Waals surface area contributed by atoms with Crippen LogP contribution in [0.15, 0.2) is 78.7 Å². The third-order valence-corrected chi connectivity index (χ3v) is 11.8. The fourth-order valence-corrected chi connectivity index (χ4v) is 8.40. The number of rotatable bonds is 6. The molecule has 0 aromatic heterocycles. The molecule has 4 aliphatic heterocycles. The highest BCUT2D eigenvalue weighted by atomic mass is 16.5. The number of aliphatic hydroxyl groups excluding tert-OH is 1. The highest BCUT2D eigenvalue weighted by Gasteiger charge is 2.46. The Hall–Kier alpha value is -6.19. The molecule has 3 N–H and O–H groups in total. The van der Waals surface area contributed by atoms with Crippen LogP contribution in [0.2, 0.25) is 0 Å². The Morgan fingerprint density at radius 2 is 1.55 bits per heavy atom. The maximum Gasteiger partial charge on any atom is 0.333 e. The number of piperidine rings is 1. The van der Waals surface area contributed by atoms with Gasteiger partial charge in [-0.3, -0.25) is 28.8 Å². The predicted molar refractivity (Wildman–Crippen MR) is 221 cm³/mol. The van der Waals surface area contributed by atoms with Gasteiger partial charge in [0, 0.05) is 71.9 Å². The van der Waals surface area contributed by atoms with Crippen molar-refractivity contribution in [1.29, 1.82) is 0 Å². The molecule has 4 heterocycles. The van der Waals surface area contributed by atoms with Gasteiger partial charge in [0.25, 0.3) is 0 Å². The number of anilines is 1. The molecule has 320 valence electrons. The van der Waals surface area contributed by atoms with Crippen molar-refractivity contribution in [3.8, 4) is 0 Å². The number of ketones is 1. The van der Waals surface area contributed by atoms with Crippen molar-refractivity contribution in [1.82, 2.24) is 30.2 Å². The fourth-order valence-electron chi connectivity index (χ4n) is 8.40. The summed E-state index contributed by atoms with van der Waals surface area (Å²) < 4.78 is 5.99. The number of allylic oxidation sites excluding steroid dienone is 1. The number of hydrogen-bond donors (Lipinski definition) is 3. The van der Waals surface area contributed by atoms with Gasteiger partial charge < -0.3 is 45.0 Å². The molecule has 3 saturated heterocycles. The molecule has 0 bridgehead atoms. The van der Waals surface area contributed by atoms with E-state index in [0.717, 1.165) is 11.3 Å². The van der Waals surface area contributed by atoms with E-state index in [1.807, 2.05) is 43.3 Å². The van der Waals surface area contributed by atoms with E-state index in [1.54, 1.807) is 43.3 Å². The number of carbonyl (C=O) groups excluding carboxylic acids is 7. The number of nitrogens with zero attached hydrogens (tertiary/aromatic N) is 5. The first-order valence-corrected chi connectivity index (χ1v) is 20.5. The van der Waals surface area contributed by atoms with Crippen LogP contribution in [0, 0.1) is 0 Å². The van der Waals surface area contributed by atoms with Crippen molar-refractivity contribution in [2.24, 2.45) is 0 Å². The lowest BCUT2D eigenvalue weighted by atomic mass is 9.95. The van der Waals surface area contributed by atoms with E-state index in [-0.39, 0.29) is 56.9 Å². The maximum absolute atomic E-state index is 14.9. The molecule has 0 aliphatic carbocycles. The minimum atomic E-state index is -1.43. The van der Waals surface area contributed by atoms with Crippen LogP contribution < -0.4 is 15.5 Å². The lowest BCUT2D eigenvalue weighted by Gasteiger charge is -2.40. The Morgan fingerprint density at radius 3 is 2.22 bits per heavy atom. The van der Waals surface area contributed by atoms with Gasteiger partial charge in [-0.15, -0.1) is 0 Å². The number of ether oxygens (including phenoxy) is 1. The zero-order valence-corrected chi connectivity index (χ0v) is 34.8. The molecule has 2 aromatic rings. The molecule has 0 spiro atoms. The second-order valence-electron chi connectivity index (χ2n) is 16.0. The predicted octanol–water partition coefficient (Wildman–Crippen LogP) is 2.01. The summed E-state index contributed by atoms with van der Waals surface area (Å²) in [5.74, 6) is -4.30. The Labute approximate surface area is 350 Å². The Bertz CT molecular complexity index is 2020. The number of aliphatic hydroxyl groups is 1. The summed E-state index contributed by atoms with van der Waals surface area (Å²) in [5, 5.41) is 16.0. The number of amides is 5. The average molecular weight is 826 g/mol. The van der Waals surface area contributed by atoms with E-state index in [9.17, 15) is 38.7 Å². The van der Waals surface area contributed by atoms with Gasteiger partial charge in [0.1, 0.15) is 47.9 Å². The molecule has 60 heavy (non-hydrogen) atoms. The number of cyclic esters (lactones) is 1. The molecule has 0 radical (unpaired) electrons. The van der Waals surface area contributed by atoms with E-state index in [2.05, 4.69) is 10.6 Å².